The second kappa shape index (κ2) is 12.5. The first kappa shape index (κ1) is 27.3. The van der Waals surface area contributed by atoms with E-state index in [1.165, 1.54) is 47.4 Å². The van der Waals surface area contributed by atoms with Crippen molar-refractivity contribution in [3.63, 3.8) is 0 Å². The molecule has 11 heteroatoms. The van der Waals surface area contributed by atoms with Crippen molar-refractivity contribution in [2.75, 3.05) is 53.6 Å². The summed E-state index contributed by atoms with van der Waals surface area (Å²) in [6.07, 6.45) is 0. The van der Waals surface area contributed by atoms with Crippen molar-refractivity contribution >= 4 is 24.0 Å². The van der Waals surface area contributed by atoms with Crippen LogP contribution in [0.15, 0.2) is 36.4 Å². The van der Waals surface area contributed by atoms with Gasteiger partial charge in [0.2, 0.25) is 5.75 Å². The predicted octanol–water partition coefficient (Wildman–Crippen LogP) is 2.24. The third-order valence-corrected chi connectivity index (χ3v) is 5.11. The molecule has 0 spiro atoms. The Hall–Kier alpha value is -3.99. The molecule has 35 heavy (non-hydrogen) atoms. The molecule has 0 N–H and O–H groups in total. The van der Waals surface area contributed by atoms with Crippen LogP contribution in [0.1, 0.15) is 6.92 Å². The van der Waals surface area contributed by atoms with Gasteiger partial charge in [-0.25, -0.2) is 0 Å². The lowest BCUT2D eigenvalue weighted by Gasteiger charge is -2.46. The average molecular weight is 491 g/mol. The van der Waals surface area contributed by atoms with E-state index < -0.39 is 5.60 Å². The fourth-order valence-electron chi connectivity index (χ4n) is 3.33. The van der Waals surface area contributed by atoms with Crippen LogP contribution in [0.3, 0.4) is 0 Å². The van der Waals surface area contributed by atoms with Crippen molar-refractivity contribution in [3.8, 4) is 28.7 Å². The summed E-state index contributed by atoms with van der Waals surface area (Å²) >= 11 is 0. The highest BCUT2D eigenvalue weighted by atomic mass is 16.6. The largest absolute Gasteiger partial charge is 0.493 e. The Morgan fingerprint density at radius 3 is 1.94 bits per heavy atom. The molecule has 0 saturated carbocycles. The highest BCUT2D eigenvalue weighted by Crippen LogP contribution is 2.43. The van der Waals surface area contributed by atoms with Gasteiger partial charge in [0, 0.05) is 26.2 Å². The van der Waals surface area contributed by atoms with E-state index in [2.05, 4.69) is 0 Å². The first-order valence-corrected chi connectivity index (χ1v) is 10.3. The van der Waals surface area contributed by atoms with Gasteiger partial charge in [-0.2, -0.15) is 0 Å². The lowest BCUT2D eigenvalue weighted by atomic mass is 9.92. The van der Waals surface area contributed by atoms with Crippen LogP contribution >= 0.6 is 0 Å². The Kier molecular flexibility index (Phi) is 9.71. The Bertz CT molecular complexity index is 1020. The molecule has 1 heterocycles. The summed E-state index contributed by atoms with van der Waals surface area (Å²) in [7, 11) is 7.43. The topological polar surface area (TPSA) is 119 Å². The number of hydrogen-bond acceptors (Lipinski definition) is 10. The molecule has 0 radical (unpaired) electrons. The van der Waals surface area contributed by atoms with Gasteiger partial charge in [0.05, 0.1) is 40.7 Å². The predicted molar refractivity (Wildman–Crippen MR) is 125 cm³/mol. The van der Waals surface area contributed by atoms with Crippen LogP contribution in [0.2, 0.25) is 0 Å². The molecule has 1 aliphatic rings. The van der Waals surface area contributed by atoms with Gasteiger partial charge >= 0.3 is 5.97 Å². The number of hydrogen-bond donors (Lipinski definition) is 0. The molecular formula is C24H29NO10. The van der Waals surface area contributed by atoms with Crippen LogP contribution in [-0.2, 0) is 23.9 Å². The van der Waals surface area contributed by atoms with Crippen molar-refractivity contribution < 1.29 is 47.5 Å². The summed E-state index contributed by atoms with van der Waals surface area (Å²) in [4.78, 5) is 34.9. The Balaban J connectivity index is 0.000000303. The van der Waals surface area contributed by atoms with Gasteiger partial charge in [-0.3, -0.25) is 14.4 Å². The quantitative estimate of drug-likeness (QED) is 0.212. The van der Waals surface area contributed by atoms with Crippen LogP contribution < -0.4 is 28.6 Å². The van der Waals surface area contributed by atoms with E-state index in [0.717, 1.165) is 0 Å². The highest BCUT2D eigenvalue weighted by Gasteiger charge is 2.54. The van der Waals surface area contributed by atoms with E-state index in [1.807, 2.05) is 6.07 Å². The number of esters is 1. The Morgan fingerprint density at radius 2 is 1.51 bits per heavy atom. The van der Waals surface area contributed by atoms with E-state index >= 15 is 0 Å². The monoisotopic (exact) mass is 491 g/mol. The fourth-order valence-corrected chi connectivity index (χ4v) is 3.33. The van der Waals surface area contributed by atoms with Crippen molar-refractivity contribution in [2.45, 2.75) is 12.5 Å². The van der Waals surface area contributed by atoms with Gasteiger partial charge < -0.3 is 38.1 Å². The molecule has 190 valence electrons. The minimum absolute atomic E-state index is 0.132. The van der Waals surface area contributed by atoms with E-state index in [1.54, 1.807) is 30.3 Å². The summed E-state index contributed by atoms with van der Waals surface area (Å²) in [5.41, 5.74) is -0.579. The maximum atomic E-state index is 12.5. The maximum Gasteiger partial charge on any atom is 0.308 e. The summed E-state index contributed by atoms with van der Waals surface area (Å²) < 4.78 is 35.6. The molecule has 3 rings (SSSR count). The number of carbonyl (C=O) groups is 3. The first-order valence-electron chi connectivity index (χ1n) is 10.3. The molecule has 1 amide bonds. The zero-order valence-electron chi connectivity index (χ0n) is 20.5. The lowest BCUT2D eigenvalue weighted by Crippen LogP contribution is -2.70. The molecule has 1 aliphatic heterocycles. The number of nitrogens with zero attached hydrogens (tertiary/aromatic N) is 1. The zero-order chi connectivity index (χ0) is 26.0. The summed E-state index contributed by atoms with van der Waals surface area (Å²) in [6, 6.07) is 10.3. The third kappa shape index (κ3) is 6.12. The SMILES string of the molecule is COc1cc(N2C[C@](COC=O)(OC)C2=O)cc(OC)c1OC.COc1ccccc1OC(C)=O. The summed E-state index contributed by atoms with van der Waals surface area (Å²) in [6.45, 7) is 1.75. The standard InChI is InChI=1S/C15H19NO7.C9H10O3/c1-19-11-5-10(6-12(20-2)13(11)21-3)16-7-15(22-4,14(16)18)8-23-9-17;1-7(10)12-9-6-4-3-5-8(9)11-2/h5-6,9H,7-8H2,1-4H3;3-6H,1-2H3/t15-;/m1./s1. The summed E-state index contributed by atoms with van der Waals surface area (Å²) in [5, 5.41) is 0. The van der Waals surface area contributed by atoms with Crippen molar-refractivity contribution in [1.29, 1.82) is 0 Å². The van der Waals surface area contributed by atoms with Gasteiger partial charge in [-0.15, -0.1) is 0 Å². The van der Waals surface area contributed by atoms with E-state index in [0.29, 0.717) is 34.4 Å². The number of carbonyl (C=O) groups excluding carboxylic acids is 3. The molecule has 2 aromatic rings. The van der Waals surface area contributed by atoms with Gasteiger partial charge in [-0.1, -0.05) is 12.1 Å². The van der Waals surface area contributed by atoms with Crippen molar-refractivity contribution in [3.05, 3.63) is 36.4 Å². The zero-order valence-corrected chi connectivity index (χ0v) is 20.5. The van der Waals surface area contributed by atoms with Gasteiger partial charge in [-0.05, 0) is 12.1 Å². The number of β-lactam (4-membered cyclic amide) rings is 1. The normalized spacial score (nSPS) is 16.2. The molecule has 1 atom stereocenters. The number of amides is 1. The van der Waals surface area contributed by atoms with Crippen LogP contribution in [0, 0.1) is 0 Å². The van der Waals surface area contributed by atoms with E-state index in [4.69, 9.17) is 33.2 Å². The van der Waals surface area contributed by atoms with Crippen LogP contribution in [0.4, 0.5) is 5.69 Å². The number of para-hydroxylation sites is 2. The molecule has 11 nitrogen and oxygen atoms in total. The molecule has 2 aromatic carbocycles. The smallest absolute Gasteiger partial charge is 0.308 e. The molecule has 0 aliphatic carbocycles. The number of ether oxygens (including phenoxy) is 7. The van der Waals surface area contributed by atoms with Crippen LogP contribution in [-0.4, -0.2) is 72.7 Å². The minimum Gasteiger partial charge on any atom is -0.493 e. The third-order valence-electron chi connectivity index (χ3n) is 5.11. The van der Waals surface area contributed by atoms with Crippen LogP contribution in [0.25, 0.3) is 0 Å². The Labute approximate surface area is 203 Å². The second-order valence-electron chi connectivity index (χ2n) is 7.12. The summed E-state index contributed by atoms with van der Waals surface area (Å²) in [5.74, 6) is 1.67. The van der Waals surface area contributed by atoms with Gasteiger partial charge in [0.15, 0.2) is 28.6 Å². The van der Waals surface area contributed by atoms with Crippen LogP contribution in [0.5, 0.6) is 28.7 Å². The number of rotatable bonds is 10. The van der Waals surface area contributed by atoms with Gasteiger partial charge in [0.1, 0.15) is 6.61 Å². The number of anilines is 1. The van der Waals surface area contributed by atoms with Gasteiger partial charge in [0.25, 0.3) is 12.4 Å². The van der Waals surface area contributed by atoms with E-state index in [-0.39, 0.29) is 31.5 Å². The number of methoxy groups -OCH3 is 5. The molecule has 0 bridgehead atoms. The molecule has 0 aromatic heterocycles. The average Bonchev–Trinajstić information content (AvgIpc) is 2.87. The molecule has 0 unspecified atom stereocenters. The highest BCUT2D eigenvalue weighted by molar-refractivity contribution is 6.07. The fraction of sp³-hybridized carbons (Fsp3) is 0.375. The van der Waals surface area contributed by atoms with E-state index in [9.17, 15) is 14.4 Å². The maximum absolute atomic E-state index is 12.5. The molecule has 1 fully saturated rings. The first-order chi connectivity index (χ1) is 16.8. The number of benzene rings is 2. The van der Waals surface area contributed by atoms with Crippen molar-refractivity contribution in [2.24, 2.45) is 0 Å². The Morgan fingerprint density at radius 1 is 0.943 bits per heavy atom. The minimum atomic E-state index is -1.15. The molecular weight excluding hydrogens is 462 g/mol. The lowest BCUT2D eigenvalue weighted by molar-refractivity contribution is -0.162. The second-order valence-corrected chi connectivity index (χ2v) is 7.12. The molecule has 1 saturated heterocycles. The van der Waals surface area contributed by atoms with Crippen molar-refractivity contribution in [1.82, 2.24) is 0 Å².